The Morgan fingerprint density at radius 1 is 0.273 bits per heavy atom. The molecule has 10 aromatic rings. The van der Waals surface area contributed by atoms with E-state index in [1.807, 2.05) is 0 Å². The molecule has 13 rings (SSSR count). The highest BCUT2D eigenvalue weighted by Gasteiger charge is 2.48. The number of anilines is 3. The van der Waals surface area contributed by atoms with Gasteiger partial charge in [-0.25, -0.2) is 0 Å². The zero-order valence-corrected chi connectivity index (χ0v) is 37.1. The van der Waals surface area contributed by atoms with Crippen LogP contribution in [-0.4, -0.2) is 0 Å². The van der Waals surface area contributed by atoms with Crippen molar-refractivity contribution in [3.63, 3.8) is 0 Å². The summed E-state index contributed by atoms with van der Waals surface area (Å²) in [6.07, 6.45) is 0. The summed E-state index contributed by atoms with van der Waals surface area (Å²) < 4.78 is 0. The van der Waals surface area contributed by atoms with Crippen LogP contribution in [-0.2, 0) is 16.2 Å². The number of nitrogens with zero attached hydrogens (tertiary/aromatic N) is 1. The average Bonchev–Trinajstić information content (AvgIpc) is 3.95. The van der Waals surface area contributed by atoms with Crippen molar-refractivity contribution in [2.24, 2.45) is 0 Å². The van der Waals surface area contributed by atoms with Gasteiger partial charge in [-0.1, -0.05) is 218 Å². The smallest absolute Gasteiger partial charge is 0.0714 e. The van der Waals surface area contributed by atoms with Gasteiger partial charge in [-0.05, 0) is 128 Å². The maximum absolute atomic E-state index is 2.57. The topological polar surface area (TPSA) is 3.24 Å². The highest BCUT2D eigenvalue weighted by atomic mass is 15.1. The zero-order chi connectivity index (χ0) is 44.0. The molecule has 0 saturated heterocycles. The van der Waals surface area contributed by atoms with Crippen LogP contribution in [0.3, 0.4) is 0 Å². The van der Waals surface area contributed by atoms with E-state index in [0.29, 0.717) is 0 Å². The second kappa shape index (κ2) is 14.5. The van der Waals surface area contributed by atoms with Gasteiger partial charge in [0.2, 0.25) is 0 Å². The van der Waals surface area contributed by atoms with Crippen LogP contribution >= 0.6 is 0 Å². The molecule has 0 aromatic heterocycles. The molecule has 312 valence electrons. The van der Waals surface area contributed by atoms with Gasteiger partial charge >= 0.3 is 0 Å². The lowest BCUT2D eigenvalue weighted by atomic mass is 9.68. The van der Waals surface area contributed by atoms with E-state index >= 15 is 0 Å². The Labute approximate surface area is 388 Å². The number of benzene rings is 10. The fourth-order valence-corrected chi connectivity index (χ4v) is 12.5. The number of fused-ring (bicyclic) bond motifs is 9. The third-order valence-electron chi connectivity index (χ3n) is 15.5. The van der Waals surface area contributed by atoms with Crippen molar-refractivity contribution < 1.29 is 0 Å². The molecule has 0 aliphatic heterocycles. The molecule has 2 unspecified atom stereocenters. The minimum Gasteiger partial charge on any atom is -0.310 e. The Balaban J connectivity index is 1.11. The van der Waals surface area contributed by atoms with Crippen molar-refractivity contribution in [1.29, 1.82) is 0 Å². The number of rotatable bonds is 7. The fourth-order valence-electron chi connectivity index (χ4n) is 12.5. The van der Waals surface area contributed by atoms with E-state index < -0.39 is 5.41 Å². The molecule has 0 heterocycles. The predicted molar refractivity (Wildman–Crippen MR) is 273 cm³/mol. The summed E-state index contributed by atoms with van der Waals surface area (Å²) in [5.41, 5.74) is 22.9. The summed E-state index contributed by atoms with van der Waals surface area (Å²) in [5.74, 6) is 0. The van der Waals surface area contributed by atoms with E-state index in [-0.39, 0.29) is 10.8 Å². The molecule has 10 aromatic carbocycles. The van der Waals surface area contributed by atoms with Crippen molar-refractivity contribution >= 4 is 17.1 Å². The molecule has 1 nitrogen and oxygen atoms in total. The Kier molecular flexibility index (Phi) is 8.45. The van der Waals surface area contributed by atoms with Crippen LogP contribution in [0, 0.1) is 0 Å². The monoisotopic (exact) mass is 841 g/mol. The predicted octanol–water partition coefficient (Wildman–Crippen LogP) is 16.2. The summed E-state index contributed by atoms with van der Waals surface area (Å²) >= 11 is 0. The minimum absolute atomic E-state index is 0.300. The standard InChI is InChI=1S/C65H47N/c1-63(44-22-7-3-8-23-44)56-34-19-16-31-51(56)54-42-48(39-41-57(54)63)66(49-38-40-52-50-30-15-18-33-55(50)64(2,60(52)43-49)45-24-9-4-10-25-45)61-37-21-36-59-62(61)53-32-17-20-35-58(53)65(59,46-26-11-5-12-27-46)47-28-13-6-14-29-47/h3-43H,1-2H3. The largest absolute Gasteiger partial charge is 0.310 e. The molecule has 3 aliphatic rings. The first-order valence-electron chi connectivity index (χ1n) is 23.3. The molecular formula is C65H47N. The third-order valence-corrected chi connectivity index (χ3v) is 15.5. The SMILES string of the molecule is CC1(c2ccccc2)c2ccccc2-c2cc(N(c3ccc4c(c3)C(C)(c3ccccc3)c3ccccc3-4)c3cccc4c3-c3ccccc3C4(c3ccccc3)c3ccccc3)ccc21. The molecule has 0 bridgehead atoms. The van der Waals surface area contributed by atoms with Crippen LogP contribution < -0.4 is 4.90 Å². The average molecular weight is 842 g/mol. The minimum atomic E-state index is -0.532. The Hall–Kier alpha value is -8.00. The van der Waals surface area contributed by atoms with Crippen LogP contribution in [0.2, 0.25) is 0 Å². The normalized spacial score (nSPS) is 17.8. The van der Waals surface area contributed by atoms with Gasteiger partial charge in [0.05, 0.1) is 11.1 Å². The van der Waals surface area contributed by atoms with Gasteiger partial charge in [-0.15, -0.1) is 0 Å². The van der Waals surface area contributed by atoms with Gasteiger partial charge in [-0.3, -0.25) is 0 Å². The van der Waals surface area contributed by atoms with Crippen LogP contribution in [0.4, 0.5) is 17.1 Å². The lowest BCUT2D eigenvalue weighted by Crippen LogP contribution is -2.28. The van der Waals surface area contributed by atoms with E-state index in [4.69, 9.17) is 0 Å². The highest BCUT2D eigenvalue weighted by molar-refractivity contribution is 5.99. The van der Waals surface area contributed by atoms with Gasteiger partial charge in [0.25, 0.3) is 0 Å². The van der Waals surface area contributed by atoms with Crippen molar-refractivity contribution in [2.75, 3.05) is 4.90 Å². The Morgan fingerprint density at radius 2 is 0.682 bits per heavy atom. The number of hydrogen-bond donors (Lipinski definition) is 0. The summed E-state index contributed by atoms with van der Waals surface area (Å²) in [7, 11) is 0. The van der Waals surface area contributed by atoms with Gasteiger partial charge in [0.15, 0.2) is 0 Å². The summed E-state index contributed by atoms with van der Waals surface area (Å²) in [6.45, 7) is 4.82. The zero-order valence-electron chi connectivity index (χ0n) is 37.1. The van der Waals surface area contributed by atoms with Gasteiger partial charge in [-0.2, -0.15) is 0 Å². The van der Waals surface area contributed by atoms with Crippen molar-refractivity contribution in [1.82, 2.24) is 0 Å². The van der Waals surface area contributed by atoms with E-state index in [1.165, 1.54) is 89.0 Å². The lowest BCUT2D eigenvalue weighted by molar-refractivity contribution is 0.713. The maximum Gasteiger partial charge on any atom is 0.0714 e. The second-order valence-electron chi connectivity index (χ2n) is 18.6. The summed E-state index contributed by atoms with van der Waals surface area (Å²) in [6, 6.07) is 93.1. The molecule has 3 aliphatic carbocycles. The summed E-state index contributed by atoms with van der Waals surface area (Å²) in [5, 5.41) is 0. The molecule has 1 heteroatoms. The van der Waals surface area contributed by atoms with Crippen LogP contribution in [0.15, 0.2) is 249 Å². The molecule has 0 fully saturated rings. The van der Waals surface area contributed by atoms with Crippen molar-refractivity contribution in [2.45, 2.75) is 30.1 Å². The quantitative estimate of drug-likeness (QED) is 0.155. The van der Waals surface area contributed by atoms with Gasteiger partial charge in [0, 0.05) is 27.8 Å². The van der Waals surface area contributed by atoms with E-state index in [9.17, 15) is 0 Å². The Morgan fingerprint density at radius 3 is 1.27 bits per heavy atom. The van der Waals surface area contributed by atoms with E-state index in [2.05, 4.69) is 267 Å². The van der Waals surface area contributed by atoms with Gasteiger partial charge < -0.3 is 4.90 Å². The summed E-state index contributed by atoms with van der Waals surface area (Å²) in [4.78, 5) is 2.57. The van der Waals surface area contributed by atoms with Crippen LogP contribution in [0.25, 0.3) is 33.4 Å². The second-order valence-corrected chi connectivity index (χ2v) is 18.6. The first-order chi connectivity index (χ1) is 32.5. The van der Waals surface area contributed by atoms with Crippen LogP contribution in [0.5, 0.6) is 0 Å². The first-order valence-corrected chi connectivity index (χ1v) is 23.3. The third kappa shape index (κ3) is 5.17. The molecular weight excluding hydrogens is 795 g/mol. The first kappa shape index (κ1) is 38.5. The van der Waals surface area contributed by atoms with E-state index in [0.717, 1.165) is 17.1 Å². The molecule has 2 atom stereocenters. The highest BCUT2D eigenvalue weighted by Crippen LogP contribution is 2.61. The molecule has 0 amide bonds. The van der Waals surface area contributed by atoms with E-state index in [1.54, 1.807) is 0 Å². The van der Waals surface area contributed by atoms with Crippen molar-refractivity contribution in [3.05, 3.63) is 304 Å². The fraction of sp³-hybridized carbons (Fsp3) is 0.0769. The Bertz CT molecular complexity index is 3460. The molecule has 0 N–H and O–H groups in total. The maximum atomic E-state index is 2.57. The molecule has 0 radical (unpaired) electrons. The lowest BCUT2D eigenvalue weighted by Gasteiger charge is -2.35. The number of hydrogen-bond acceptors (Lipinski definition) is 1. The van der Waals surface area contributed by atoms with Crippen LogP contribution in [0.1, 0.15) is 69.5 Å². The van der Waals surface area contributed by atoms with Gasteiger partial charge in [0.1, 0.15) is 0 Å². The molecule has 0 spiro atoms. The van der Waals surface area contributed by atoms with Crippen molar-refractivity contribution in [3.8, 4) is 33.4 Å². The molecule has 0 saturated carbocycles. The molecule has 66 heavy (non-hydrogen) atoms.